The summed E-state index contributed by atoms with van der Waals surface area (Å²) in [4.78, 5) is 37.7. The molecule has 0 aliphatic rings. The number of hydrogen-bond acceptors (Lipinski definition) is 7. The summed E-state index contributed by atoms with van der Waals surface area (Å²) < 4.78 is 22.0. The van der Waals surface area contributed by atoms with E-state index in [0.717, 1.165) is 47.5 Å². The molecule has 0 bridgehead atoms. The number of carbonyl (C=O) groups is 3. The molecule has 0 radical (unpaired) electrons. The third-order valence-electron chi connectivity index (χ3n) is 8.49. The summed E-state index contributed by atoms with van der Waals surface area (Å²) in [5.41, 5.74) is 4.23. The Kier molecular flexibility index (Phi) is 14.9. The topological polar surface area (TPSA) is 88.1 Å². The summed E-state index contributed by atoms with van der Waals surface area (Å²) >= 11 is 6.51. The fraction of sp³-hybridized carbons (Fsp3) is 0.357. The van der Waals surface area contributed by atoms with Crippen molar-refractivity contribution in [2.45, 2.75) is 78.7 Å². The highest BCUT2D eigenvalue weighted by Gasteiger charge is 2.21. The van der Waals surface area contributed by atoms with E-state index in [4.69, 9.17) is 30.5 Å². The molecule has 8 heteroatoms. The van der Waals surface area contributed by atoms with Crippen LogP contribution in [0.4, 0.5) is 0 Å². The molecular formula is C42H47ClO7. The summed E-state index contributed by atoms with van der Waals surface area (Å²) in [5.74, 6) is -0.407. The molecule has 0 aliphatic carbocycles. The van der Waals surface area contributed by atoms with Crippen molar-refractivity contribution in [2.75, 3.05) is 13.2 Å². The van der Waals surface area contributed by atoms with Crippen molar-refractivity contribution in [3.05, 3.63) is 107 Å². The van der Waals surface area contributed by atoms with E-state index < -0.39 is 24.0 Å². The van der Waals surface area contributed by atoms with Gasteiger partial charge >= 0.3 is 17.9 Å². The van der Waals surface area contributed by atoms with Gasteiger partial charge in [0, 0.05) is 0 Å². The molecule has 264 valence electrons. The summed E-state index contributed by atoms with van der Waals surface area (Å²) in [7, 11) is 0. The van der Waals surface area contributed by atoms with Gasteiger partial charge < -0.3 is 18.9 Å². The maximum atomic E-state index is 12.9. The van der Waals surface area contributed by atoms with Crippen LogP contribution in [0.1, 0.15) is 93.4 Å². The fourth-order valence-corrected chi connectivity index (χ4v) is 5.29. The van der Waals surface area contributed by atoms with Crippen molar-refractivity contribution in [2.24, 2.45) is 5.92 Å². The van der Waals surface area contributed by atoms with Gasteiger partial charge in [0.2, 0.25) is 0 Å². The van der Waals surface area contributed by atoms with Crippen molar-refractivity contribution in [1.29, 1.82) is 0 Å². The Balaban J connectivity index is 1.28. The van der Waals surface area contributed by atoms with E-state index in [1.165, 1.54) is 39.0 Å². The minimum Gasteiger partial charge on any atom is -0.494 e. The molecule has 0 spiro atoms. The van der Waals surface area contributed by atoms with Gasteiger partial charge in [0.15, 0.2) is 6.10 Å². The second-order valence-electron chi connectivity index (χ2n) is 12.5. The van der Waals surface area contributed by atoms with Crippen LogP contribution in [0.5, 0.6) is 11.5 Å². The Morgan fingerprint density at radius 3 is 1.80 bits per heavy atom. The highest BCUT2D eigenvalue weighted by Crippen LogP contribution is 2.32. The molecule has 4 rings (SSSR count). The van der Waals surface area contributed by atoms with Crippen LogP contribution < -0.4 is 9.47 Å². The Hall–Kier alpha value is -4.62. The van der Waals surface area contributed by atoms with Gasteiger partial charge in [-0.3, -0.25) is 0 Å². The van der Waals surface area contributed by atoms with Crippen molar-refractivity contribution >= 4 is 29.5 Å². The summed E-state index contributed by atoms with van der Waals surface area (Å²) in [6.07, 6.45) is 7.24. The number of esters is 3. The Bertz CT molecular complexity index is 1680. The van der Waals surface area contributed by atoms with Gasteiger partial charge in [-0.2, -0.15) is 0 Å². The molecule has 50 heavy (non-hydrogen) atoms. The van der Waals surface area contributed by atoms with Gasteiger partial charge in [-0.1, -0.05) is 113 Å². The average molecular weight is 699 g/mol. The average Bonchev–Trinajstić information content (AvgIpc) is 3.14. The van der Waals surface area contributed by atoms with E-state index in [-0.39, 0.29) is 23.3 Å². The number of hydrogen-bond donors (Lipinski definition) is 0. The Morgan fingerprint density at radius 2 is 1.20 bits per heavy atom. The van der Waals surface area contributed by atoms with Gasteiger partial charge in [0.1, 0.15) is 11.5 Å². The molecular weight excluding hydrogens is 652 g/mol. The number of carbonyl (C=O) groups excluding carboxylic acids is 3. The van der Waals surface area contributed by atoms with Gasteiger partial charge in [0.25, 0.3) is 0 Å². The smallest absolute Gasteiger partial charge is 0.347 e. The van der Waals surface area contributed by atoms with Crippen molar-refractivity contribution in [3.8, 4) is 33.8 Å². The molecule has 0 aromatic heterocycles. The molecule has 0 saturated carbocycles. The third kappa shape index (κ3) is 11.5. The number of unbranched alkanes of at least 4 members (excludes halogenated alkanes) is 5. The van der Waals surface area contributed by atoms with Gasteiger partial charge in [-0.15, -0.1) is 0 Å². The SMILES string of the molecule is CCCCCCCCOc1ccc(-c2ccc(C(=O)Oc3ccc(-c4ccc(C(=O)OC(C)C(=O)OCC(C)CC)cc4)cc3Cl)cc2)cc1. The molecule has 0 saturated heterocycles. The maximum Gasteiger partial charge on any atom is 0.347 e. The highest BCUT2D eigenvalue weighted by molar-refractivity contribution is 6.32. The van der Waals surface area contributed by atoms with Crippen molar-refractivity contribution in [1.82, 2.24) is 0 Å². The first-order valence-corrected chi connectivity index (χ1v) is 17.9. The zero-order chi connectivity index (χ0) is 35.9. The van der Waals surface area contributed by atoms with Crippen LogP contribution in [0.25, 0.3) is 22.3 Å². The second-order valence-corrected chi connectivity index (χ2v) is 12.9. The first-order chi connectivity index (χ1) is 24.2. The lowest BCUT2D eigenvalue weighted by Gasteiger charge is -2.15. The molecule has 4 aromatic rings. The van der Waals surface area contributed by atoms with Gasteiger partial charge in [-0.25, -0.2) is 14.4 Å². The van der Waals surface area contributed by atoms with E-state index in [2.05, 4.69) is 6.92 Å². The number of ether oxygens (including phenoxy) is 4. The van der Waals surface area contributed by atoms with Crippen LogP contribution in [0, 0.1) is 5.92 Å². The van der Waals surface area contributed by atoms with Crippen molar-refractivity contribution < 1.29 is 33.3 Å². The maximum absolute atomic E-state index is 12.9. The van der Waals surface area contributed by atoms with Crippen LogP contribution in [0.3, 0.4) is 0 Å². The molecule has 0 N–H and O–H groups in total. The summed E-state index contributed by atoms with van der Waals surface area (Å²) in [6, 6.07) is 27.0. The van der Waals surface area contributed by atoms with Crippen LogP contribution in [-0.2, 0) is 14.3 Å². The standard InChI is InChI=1S/C42H47ClO7/c1-5-7-8-9-10-11-26-47-37-23-20-32(21-24-37)31-12-16-35(17-13-31)42(46)50-39-25-22-36(27-38(39)43)33-14-18-34(19-15-33)41(45)49-30(4)40(44)48-28-29(3)6-2/h12-25,27,29-30H,5-11,26,28H2,1-4H3. The van der Waals surface area contributed by atoms with E-state index in [9.17, 15) is 14.4 Å². The van der Waals surface area contributed by atoms with Crippen LogP contribution in [0.15, 0.2) is 91.0 Å². The number of benzene rings is 4. The molecule has 0 amide bonds. The molecule has 0 heterocycles. The second kappa shape index (κ2) is 19.5. The monoisotopic (exact) mass is 698 g/mol. The quantitative estimate of drug-likeness (QED) is 0.0580. The minimum atomic E-state index is -1.02. The third-order valence-corrected chi connectivity index (χ3v) is 8.78. The predicted molar refractivity (Wildman–Crippen MR) is 198 cm³/mol. The first-order valence-electron chi connectivity index (χ1n) is 17.5. The van der Waals surface area contributed by atoms with E-state index in [1.807, 2.05) is 50.2 Å². The van der Waals surface area contributed by atoms with E-state index in [0.29, 0.717) is 11.1 Å². The van der Waals surface area contributed by atoms with Crippen LogP contribution in [0.2, 0.25) is 5.02 Å². The minimum absolute atomic E-state index is 0.232. The zero-order valence-corrected chi connectivity index (χ0v) is 30.2. The Morgan fingerprint density at radius 1 is 0.660 bits per heavy atom. The first kappa shape index (κ1) is 38.2. The highest BCUT2D eigenvalue weighted by atomic mass is 35.5. The van der Waals surface area contributed by atoms with Crippen LogP contribution >= 0.6 is 11.6 Å². The summed E-state index contributed by atoms with van der Waals surface area (Å²) in [6.45, 7) is 8.71. The lowest BCUT2D eigenvalue weighted by Crippen LogP contribution is -2.27. The van der Waals surface area contributed by atoms with E-state index >= 15 is 0 Å². The van der Waals surface area contributed by atoms with Crippen molar-refractivity contribution in [3.63, 3.8) is 0 Å². The summed E-state index contributed by atoms with van der Waals surface area (Å²) in [5, 5.41) is 0.263. The predicted octanol–water partition coefficient (Wildman–Crippen LogP) is 10.8. The largest absolute Gasteiger partial charge is 0.494 e. The molecule has 7 nitrogen and oxygen atoms in total. The molecule has 4 aromatic carbocycles. The molecule has 0 aliphatic heterocycles. The van der Waals surface area contributed by atoms with E-state index in [1.54, 1.807) is 54.6 Å². The lowest BCUT2D eigenvalue weighted by molar-refractivity contribution is -0.154. The number of rotatable bonds is 18. The molecule has 2 atom stereocenters. The lowest BCUT2D eigenvalue weighted by atomic mass is 10.0. The molecule has 2 unspecified atom stereocenters. The van der Waals surface area contributed by atoms with Crippen LogP contribution in [-0.4, -0.2) is 37.2 Å². The Labute approximate surface area is 300 Å². The normalized spacial score (nSPS) is 12.1. The fourth-order valence-electron chi connectivity index (χ4n) is 5.07. The zero-order valence-electron chi connectivity index (χ0n) is 29.4. The number of halogens is 1. The molecule has 0 fully saturated rings. The van der Waals surface area contributed by atoms with Gasteiger partial charge in [-0.05, 0) is 90.0 Å². The van der Waals surface area contributed by atoms with Gasteiger partial charge in [0.05, 0.1) is 29.4 Å².